The van der Waals surface area contributed by atoms with Crippen LogP contribution in [-0.4, -0.2) is 72.8 Å². The number of aromatic nitrogens is 2. The second-order valence-electron chi connectivity index (χ2n) is 13.2. The molecule has 0 radical (unpaired) electrons. The molecule has 0 N–H and O–H groups in total. The van der Waals surface area contributed by atoms with E-state index >= 15 is 0 Å². The third-order valence-corrected chi connectivity index (χ3v) is 9.98. The summed E-state index contributed by atoms with van der Waals surface area (Å²) in [4.78, 5) is 28.4. The van der Waals surface area contributed by atoms with Crippen molar-refractivity contribution < 1.29 is 18.7 Å². The summed E-state index contributed by atoms with van der Waals surface area (Å²) in [6, 6.07) is 14.2. The van der Waals surface area contributed by atoms with Gasteiger partial charge in [-0.1, -0.05) is 49.4 Å². The number of benzene rings is 2. The zero-order chi connectivity index (χ0) is 32.6. The summed E-state index contributed by atoms with van der Waals surface area (Å²) >= 11 is 6.74. The third-order valence-electron chi connectivity index (χ3n) is 9.67. The van der Waals surface area contributed by atoms with Crippen molar-refractivity contribution in [1.82, 2.24) is 14.9 Å². The van der Waals surface area contributed by atoms with Crippen LogP contribution in [0.1, 0.15) is 44.4 Å². The minimum absolute atomic E-state index is 0.0654. The maximum Gasteiger partial charge on any atom is 0.318 e. The fraction of sp³-hybridized carbons (Fsp3) is 0.486. The maximum atomic E-state index is 13.9. The van der Waals surface area contributed by atoms with Gasteiger partial charge in [-0.25, -0.2) is 4.39 Å². The standard InChI is InChI=1S/C35H40ClFN6O3/c1-22-16-35(17-22,20-45-4)21-46-34-39-29-19-43(30-10-6-8-25-7-5-9-28(36)31(25)30)23(2)15-27(29)32(40-34)41-13-14-42(33(44)24(3)37)26(18-41)11-12-38/h5-10,22-23,26H,3,11,13-21H2,1-2,4H3/t22?,23-,26+,35?/m1/s1. The van der Waals surface area contributed by atoms with Gasteiger partial charge in [-0.3, -0.25) is 4.79 Å². The van der Waals surface area contributed by atoms with E-state index in [1.165, 1.54) is 4.90 Å². The van der Waals surface area contributed by atoms with Crippen LogP contribution in [-0.2, 0) is 22.5 Å². The number of nitrogens with zero attached hydrogens (tertiary/aromatic N) is 6. The Morgan fingerprint density at radius 2 is 1.93 bits per heavy atom. The Balaban J connectivity index is 1.37. The molecule has 2 atom stereocenters. The molecule has 0 spiro atoms. The summed E-state index contributed by atoms with van der Waals surface area (Å²) in [7, 11) is 1.72. The van der Waals surface area contributed by atoms with Crippen LogP contribution in [0.2, 0.25) is 5.02 Å². The molecule has 1 aromatic heterocycles. The molecule has 1 aliphatic carbocycles. The molecule has 3 heterocycles. The van der Waals surface area contributed by atoms with E-state index in [2.05, 4.69) is 54.5 Å². The second-order valence-corrected chi connectivity index (χ2v) is 13.6. The monoisotopic (exact) mass is 646 g/mol. The first-order valence-electron chi connectivity index (χ1n) is 15.9. The molecule has 1 saturated heterocycles. The van der Waals surface area contributed by atoms with Gasteiger partial charge in [0.1, 0.15) is 5.82 Å². The highest BCUT2D eigenvalue weighted by molar-refractivity contribution is 6.36. The molecule has 2 aromatic carbocycles. The van der Waals surface area contributed by atoms with E-state index in [4.69, 9.17) is 31.0 Å². The van der Waals surface area contributed by atoms with Crippen LogP contribution in [0.25, 0.3) is 10.8 Å². The topological polar surface area (TPSA) is 94.8 Å². The van der Waals surface area contributed by atoms with Crippen molar-refractivity contribution in [2.24, 2.45) is 11.3 Å². The largest absolute Gasteiger partial charge is 0.463 e. The molecule has 6 rings (SSSR count). The summed E-state index contributed by atoms with van der Waals surface area (Å²) in [6.07, 6.45) is 2.76. The number of nitriles is 1. The molecule has 0 bridgehead atoms. The number of anilines is 2. The molecule has 9 nitrogen and oxygen atoms in total. The number of amides is 1. The number of hydrogen-bond acceptors (Lipinski definition) is 8. The fourth-order valence-corrected chi connectivity index (χ4v) is 7.97. The Morgan fingerprint density at radius 1 is 1.17 bits per heavy atom. The maximum absolute atomic E-state index is 13.9. The highest BCUT2D eigenvalue weighted by atomic mass is 35.5. The van der Waals surface area contributed by atoms with E-state index in [1.807, 2.05) is 18.2 Å². The molecule has 242 valence electrons. The normalized spacial score (nSPS) is 24.3. The summed E-state index contributed by atoms with van der Waals surface area (Å²) in [5.41, 5.74) is 2.83. The summed E-state index contributed by atoms with van der Waals surface area (Å²) < 4.78 is 25.8. The lowest BCUT2D eigenvalue weighted by molar-refractivity contribution is -0.131. The van der Waals surface area contributed by atoms with Gasteiger partial charge in [-0.05, 0) is 49.6 Å². The van der Waals surface area contributed by atoms with Crippen LogP contribution in [0.3, 0.4) is 0 Å². The molecule has 0 unspecified atom stereocenters. The molecule has 46 heavy (non-hydrogen) atoms. The summed E-state index contributed by atoms with van der Waals surface area (Å²) in [6.45, 7) is 10.2. The average molecular weight is 647 g/mol. The number of carbonyl (C=O) groups excluding carboxylic acids is 1. The van der Waals surface area contributed by atoms with E-state index < -0.39 is 17.8 Å². The second kappa shape index (κ2) is 13.0. The Bertz CT molecular complexity index is 1680. The quantitative estimate of drug-likeness (QED) is 0.258. The molecule has 1 amide bonds. The van der Waals surface area contributed by atoms with Gasteiger partial charge in [0.05, 0.1) is 49.0 Å². The number of methoxy groups -OCH3 is 1. The zero-order valence-electron chi connectivity index (χ0n) is 26.6. The van der Waals surface area contributed by atoms with Gasteiger partial charge < -0.3 is 24.2 Å². The number of ether oxygens (including phenoxy) is 2. The third kappa shape index (κ3) is 6.10. The zero-order valence-corrected chi connectivity index (χ0v) is 27.4. The van der Waals surface area contributed by atoms with Gasteiger partial charge >= 0.3 is 6.01 Å². The predicted octanol–water partition coefficient (Wildman–Crippen LogP) is 6.09. The molecule has 11 heteroatoms. The molecule has 3 aromatic rings. The first-order chi connectivity index (χ1) is 22.1. The summed E-state index contributed by atoms with van der Waals surface area (Å²) in [5, 5.41) is 12.3. The first-order valence-corrected chi connectivity index (χ1v) is 16.2. The number of rotatable bonds is 9. The number of fused-ring (bicyclic) bond motifs is 2. The van der Waals surface area contributed by atoms with Gasteiger partial charge in [-0.15, -0.1) is 0 Å². The van der Waals surface area contributed by atoms with Crippen molar-refractivity contribution >= 4 is 39.8 Å². The van der Waals surface area contributed by atoms with E-state index in [0.717, 1.165) is 46.4 Å². The van der Waals surface area contributed by atoms with Crippen molar-refractivity contribution in [2.45, 2.75) is 58.2 Å². The van der Waals surface area contributed by atoms with Crippen molar-refractivity contribution in [3.8, 4) is 12.1 Å². The van der Waals surface area contributed by atoms with Crippen molar-refractivity contribution in [3.05, 3.63) is 65.1 Å². The number of piperazine rings is 1. The van der Waals surface area contributed by atoms with E-state index in [0.29, 0.717) is 56.2 Å². The van der Waals surface area contributed by atoms with E-state index in [1.54, 1.807) is 7.11 Å². The van der Waals surface area contributed by atoms with Gasteiger partial charge in [-0.2, -0.15) is 15.2 Å². The lowest BCUT2D eigenvalue weighted by Crippen LogP contribution is -2.56. The molecule has 1 saturated carbocycles. The lowest BCUT2D eigenvalue weighted by Gasteiger charge is -2.45. The highest BCUT2D eigenvalue weighted by Crippen LogP contribution is 2.46. The van der Waals surface area contributed by atoms with Crippen LogP contribution in [0.15, 0.2) is 48.8 Å². The highest BCUT2D eigenvalue weighted by Gasteiger charge is 2.43. The average Bonchev–Trinajstić information content (AvgIpc) is 3.02. The van der Waals surface area contributed by atoms with Crippen LogP contribution in [0, 0.1) is 22.7 Å². The first kappa shape index (κ1) is 32.0. The fourth-order valence-electron chi connectivity index (χ4n) is 7.69. The van der Waals surface area contributed by atoms with Crippen molar-refractivity contribution in [1.29, 1.82) is 5.26 Å². The number of carbonyl (C=O) groups is 1. The Morgan fingerprint density at radius 3 is 2.63 bits per heavy atom. The number of halogens is 2. The molecule has 2 aliphatic heterocycles. The van der Waals surface area contributed by atoms with Crippen LogP contribution in [0.4, 0.5) is 15.9 Å². The van der Waals surface area contributed by atoms with Crippen LogP contribution in [0.5, 0.6) is 6.01 Å². The Hall–Kier alpha value is -3.94. The molecular weight excluding hydrogens is 607 g/mol. The number of hydrogen-bond donors (Lipinski definition) is 0. The van der Waals surface area contributed by atoms with Gasteiger partial charge in [0.15, 0.2) is 5.83 Å². The Labute approximate surface area is 274 Å². The van der Waals surface area contributed by atoms with Gasteiger partial charge in [0.25, 0.3) is 5.91 Å². The lowest BCUT2D eigenvalue weighted by atomic mass is 9.63. The van der Waals surface area contributed by atoms with Crippen molar-refractivity contribution in [2.75, 3.05) is 49.8 Å². The minimum atomic E-state index is -1.02. The molecular formula is C35H40ClFN6O3. The van der Waals surface area contributed by atoms with Crippen LogP contribution < -0.4 is 14.5 Å². The minimum Gasteiger partial charge on any atom is -0.463 e. The van der Waals surface area contributed by atoms with Gasteiger partial charge in [0.2, 0.25) is 0 Å². The van der Waals surface area contributed by atoms with E-state index in [-0.39, 0.29) is 24.4 Å². The van der Waals surface area contributed by atoms with Crippen LogP contribution >= 0.6 is 11.6 Å². The predicted molar refractivity (Wildman–Crippen MR) is 177 cm³/mol. The SMILES string of the molecule is C=C(F)C(=O)N1CCN(c2nc(OCC3(COC)CC(C)C3)nc3c2C[C@@H](C)N(c2cccc4cccc(Cl)c24)C3)C[C@@H]1CC#N. The van der Waals surface area contributed by atoms with Crippen molar-refractivity contribution in [3.63, 3.8) is 0 Å². The smallest absolute Gasteiger partial charge is 0.318 e. The Kier molecular flexibility index (Phi) is 9.08. The summed E-state index contributed by atoms with van der Waals surface area (Å²) in [5.74, 6) is -0.453. The molecule has 3 aliphatic rings. The molecule has 2 fully saturated rings. The van der Waals surface area contributed by atoms with E-state index in [9.17, 15) is 14.4 Å². The van der Waals surface area contributed by atoms with Gasteiger partial charge in [0, 0.05) is 54.8 Å².